The zero-order valence-corrected chi connectivity index (χ0v) is 6.10. The molecule has 0 bridgehead atoms. The van der Waals surface area contributed by atoms with E-state index in [0.29, 0.717) is 0 Å². The number of quaternary nitrogens is 1. The van der Waals surface area contributed by atoms with E-state index in [4.69, 9.17) is 5.73 Å². The van der Waals surface area contributed by atoms with E-state index in [1.807, 2.05) is 0 Å². The van der Waals surface area contributed by atoms with Crippen LogP contribution >= 0.6 is 8.03 Å². The molecule has 0 aliphatic heterocycles. The molecular formula is C3H12N3O2P+2. The van der Waals surface area contributed by atoms with E-state index in [1.54, 1.807) is 7.05 Å². The molecule has 0 aromatic heterocycles. The van der Waals surface area contributed by atoms with E-state index < -0.39 is 8.03 Å². The van der Waals surface area contributed by atoms with Crippen molar-refractivity contribution in [2.75, 3.05) is 13.3 Å². The minimum atomic E-state index is -2.39. The molecule has 0 fully saturated rings. The summed E-state index contributed by atoms with van der Waals surface area (Å²) >= 11 is 0. The van der Waals surface area contributed by atoms with Crippen molar-refractivity contribution in [2.45, 2.75) is 0 Å². The molecule has 9 heavy (non-hydrogen) atoms. The normalized spacial score (nSPS) is 14.8. The average molecular weight is 153 g/mol. The van der Waals surface area contributed by atoms with E-state index in [0.717, 1.165) is 0 Å². The first-order valence-electron chi connectivity index (χ1n) is 2.31. The topological polar surface area (TPSA) is 96.8 Å². The fourth-order valence-corrected chi connectivity index (χ4v) is 0.792. The second-order valence-corrected chi connectivity index (χ2v) is 2.61. The number of nitrogens with zero attached hydrogens (tertiary/aromatic N) is 1. The standard InChI is InChI=1S/C3H8N3O2P.H2/c1-6(3(4)5)2-9(7)8;/h2H2,1H3,(H3,4,5);1H/p+2. The highest BCUT2D eigenvalue weighted by Crippen LogP contribution is 2.03. The van der Waals surface area contributed by atoms with Gasteiger partial charge in [-0.15, -0.1) is 0 Å². The van der Waals surface area contributed by atoms with E-state index in [2.05, 4.69) is 5.73 Å². The van der Waals surface area contributed by atoms with Crippen molar-refractivity contribution >= 4 is 14.0 Å². The van der Waals surface area contributed by atoms with Gasteiger partial charge in [-0.2, -0.15) is 4.58 Å². The Hall–Kier alpha value is -0.510. The van der Waals surface area contributed by atoms with Gasteiger partial charge >= 0.3 is 14.0 Å². The van der Waals surface area contributed by atoms with Crippen LogP contribution in [-0.4, -0.2) is 23.9 Å². The van der Waals surface area contributed by atoms with Gasteiger partial charge in [0, 0.05) is 1.43 Å². The largest absolute Gasteiger partial charge is 0.592 e. The third-order valence-electron chi connectivity index (χ3n) is 0.818. The highest BCUT2D eigenvalue weighted by molar-refractivity contribution is 7.36. The van der Waals surface area contributed by atoms with Crippen LogP contribution in [0.4, 0.5) is 0 Å². The summed E-state index contributed by atoms with van der Waals surface area (Å²) in [5.74, 6) is 0.259. The lowest BCUT2D eigenvalue weighted by molar-refractivity contribution is -0.522. The SMILES string of the molecule is C[N+](C[P+](=O)[O-])=C(N)[NH3+].[HH]. The molecule has 5 nitrogen and oxygen atoms in total. The van der Waals surface area contributed by atoms with Crippen molar-refractivity contribution in [3.63, 3.8) is 0 Å². The first kappa shape index (κ1) is 8.49. The maximum Gasteiger partial charge on any atom is 0.439 e. The molecule has 0 rings (SSSR count). The van der Waals surface area contributed by atoms with Crippen LogP contribution in [-0.2, 0) is 4.57 Å². The third-order valence-corrected chi connectivity index (χ3v) is 1.47. The predicted molar refractivity (Wildman–Crippen MR) is 32.9 cm³/mol. The Balaban J connectivity index is 0. The summed E-state index contributed by atoms with van der Waals surface area (Å²) in [4.78, 5) is 10.0. The zero-order valence-electron chi connectivity index (χ0n) is 5.20. The molecule has 6 heteroatoms. The number of hydrogen-bond acceptors (Lipinski definition) is 2. The molecule has 0 saturated heterocycles. The smallest absolute Gasteiger partial charge is 0.439 e. The van der Waals surface area contributed by atoms with Crippen LogP contribution in [0.5, 0.6) is 0 Å². The quantitative estimate of drug-likeness (QED) is 0.198. The van der Waals surface area contributed by atoms with Gasteiger partial charge in [0.25, 0.3) is 6.29 Å². The second-order valence-electron chi connectivity index (χ2n) is 1.66. The Labute approximate surface area is 55.3 Å². The number of rotatable bonds is 2. The van der Waals surface area contributed by atoms with Gasteiger partial charge in [0.1, 0.15) is 0 Å². The van der Waals surface area contributed by atoms with E-state index in [-0.39, 0.29) is 13.7 Å². The monoisotopic (exact) mass is 153 g/mol. The molecule has 0 heterocycles. The van der Waals surface area contributed by atoms with Crippen molar-refractivity contribution in [1.82, 2.24) is 0 Å². The van der Waals surface area contributed by atoms with Gasteiger partial charge in [-0.1, -0.05) is 4.57 Å². The van der Waals surface area contributed by atoms with Crippen LogP contribution in [0.1, 0.15) is 1.43 Å². The first-order valence-corrected chi connectivity index (χ1v) is 3.67. The fraction of sp³-hybridized carbons (Fsp3) is 0.667. The first-order chi connectivity index (χ1) is 4.04. The summed E-state index contributed by atoms with van der Waals surface area (Å²) in [6.07, 6.45) is -0.0648. The Morgan fingerprint density at radius 3 is 2.67 bits per heavy atom. The van der Waals surface area contributed by atoms with Crippen molar-refractivity contribution in [2.24, 2.45) is 5.73 Å². The van der Waals surface area contributed by atoms with Crippen LogP contribution in [0.2, 0.25) is 0 Å². The number of guanidine groups is 1. The molecule has 0 aromatic rings. The van der Waals surface area contributed by atoms with E-state index >= 15 is 0 Å². The Bertz CT molecular complexity index is 156. The molecule has 54 valence electrons. The molecule has 1 unspecified atom stereocenters. The maximum absolute atomic E-state index is 10.0. The van der Waals surface area contributed by atoms with Crippen LogP contribution in [0.25, 0.3) is 0 Å². The second kappa shape index (κ2) is 3.50. The molecule has 5 N–H and O–H groups in total. The summed E-state index contributed by atoms with van der Waals surface area (Å²) in [6.45, 7) is 0. The zero-order chi connectivity index (χ0) is 7.44. The van der Waals surface area contributed by atoms with Crippen molar-refractivity contribution in [3.8, 4) is 0 Å². The molecule has 0 radical (unpaired) electrons. The lowest BCUT2D eigenvalue weighted by Crippen LogP contribution is -2.66. The van der Waals surface area contributed by atoms with Crippen LogP contribution in [0, 0.1) is 0 Å². The van der Waals surface area contributed by atoms with Crippen LogP contribution < -0.4 is 16.4 Å². The van der Waals surface area contributed by atoms with Gasteiger partial charge in [-0.25, -0.2) is 5.73 Å². The number of hydrogen-bond donors (Lipinski definition) is 2. The highest BCUT2D eigenvalue weighted by Gasteiger charge is 2.08. The number of nitrogens with two attached hydrogens (primary N) is 1. The van der Waals surface area contributed by atoms with Crippen LogP contribution in [0.3, 0.4) is 0 Å². The maximum atomic E-state index is 10.0. The molecule has 0 aliphatic rings. The van der Waals surface area contributed by atoms with Crippen molar-refractivity contribution in [1.29, 1.82) is 0 Å². The molecule has 0 aliphatic carbocycles. The van der Waals surface area contributed by atoms with Crippen LogP contribution in [0.15, 0.2) is 0 Å². The molecule has 0 amide bonds. The molecule has 0 aromatic carbocycles. The van der Waals surface area contributed by atoms with Crippen molar-refractivity contribution < 1.29 is 21.2 Å². The summed E-state index contributed by atoms with van der Waals surface area (Å²) in [5.41, 5.74) is 8.49. The molecular weight excluding hydrogens is 141 g/mol. The summed E-state index contributed by atoms with van der Waals surface area (Å²) in [6, 6.07) is 0. The molecule has 1 atom stereocenters. The fourth-order valence-electron chi connectivity index (χ4n) is 0.264. The van der Waals surface area contributed by atoms with E-state index in [1.165, 1.54) is 4.58 Å². The van der Waals surface area contributed by atoms with E-state index in [9.17, 15) is 9.46 Å². The van der Waals surface area contributed by atoms with Gasteiger partial charge in [-0.05, 0) is 0 Å². The Kier molecular flexibility index (Phi) is 3.30. The Morgan fingerprint density at radius 2 is 2.56 bits per heavy atom. The lowest BCUT2D eigenvalue weighted by atomic mass is 10.9. The molecule has 0 spiro atoms. The van der Waals surface area contributed by atoms with Gasteiger partial charge in [0.05, 0.1) is 7.05 Å². The van der Waals surface area contributed by atoms with Gasteiger partial charge < -0.3 is 4.89 Å². The summed E-state index contributed by atoms with van der Waals surface area (Å²) < 4.78 is 11.4. The minimum absolute atomic E-state index is 0. The molecule has 0 saturated carbocycles. The predicted octanol–water partition coefficient (Wildman–Crippen LogP) is -2.51. The summed E-state index contributed by atoms with van der Waals surface area (Å²) in [7, 11) is -0.824. The third kappa shape index (κ3) is 4.02. The van der Waals surface area contributed by atoms with Gasteiger partial charge in [0.2, 0.25) is 0 Å². The van der Waals surface area contributed by atoms with Crippen molar-refractivity contribution in [3.05, 3.63) is 0 Å². The lowest BCUT2D eigenvalue weighted by Gasteiger charge is -1.89. The summed E-state index contributed by atoms with van der Waals surface area (Å²) in [5, 5.41) is 0. The Morgan fingerprint density at radius 1 is 2.11 bits per heavy atom. The minimum Gasteiger partial charge on any atom is -0.592 e. The highest BCUT2D eigenvalue weighted by atomic mass is 31.1. The van der Waals surface area contributed by atoms with Gasteiger partial charge in [-0.3, -0.25) is 5.73 Å². The average Bonchev–Trinajstić information content (AvgIpc) is 1.63. The van der Waals surface area contributed by atoms with Gasteiger partial charge in [0.15, 0.2) is 0 Å².